The van der Waals surface area contributed by atoms with Crippen molar-refractivity contribution in [2.45, 2.75) is 82.1 Å². The largest absolute Gasteiger partial charge is 0.494 e. The number of rotatable bonds is 17. The van der Waals surface area contributed by atoms with Crippen molar-refractivity contribution in [3.8, 4) is 40.2 Å². The average Bonchev–Trinajstić information content (AvgIpc) is 3.88. The maximum atomic E-state index is 13.8. The Balaban J connectivity index is 0.761. The summed E-state index contributed by atoms with van der Waals surface area (Å²) in [6.07, 6.45) is -3.50. The third-order valence-corrected chi connectivity index (χ3v) is 14.9. The number of aryl methyl sites for hydroxylation is 2. The number of amides is 1. The number of benzene rings is 6. The summed E-state index contributed by atoms with van der Waals surface area (Å²) in [5.41, 5.74) is 4.68. The molecule has 1 N–H and O–H groups in total. The van der Waals surface area contributed by atoms with Crippen molar-refractivity contribution < 1.29 is 46.8 Å². The zero-order valence-electron chi connectivity index (χ0n) is 42.6. The van der Waals surface area contributed by atoms with Crippen LogP contribution in [0.25, 0.3) is 22.2 Å². The zero-order chi connectivity index (χ0) is 54.1. The van der Waals surface area contributed by atoms with Crippen molar-refractivity contribution in [3.63, 3.8) is 0 Å². The molecule has 2 unspecified atom stereocenters. The van der Waals surface area contributed by atoms with E-state index < -0.39 is 40.6 Å². The van der Waals surface area contributed by atoms with E-state index in [1.807, 2.05) is 91.9 Å². The number of hydrogen-bond acceptors (Lipinski definition) is 12. The summed E-state index contributed by atoms with van der Waals surface area (Å²) in [5, 5.41) is 27.7. The molecule has 0 bridgehead atoms. The van der Waals surface area contributed by atoms with E-state index >= 15 is 0 Å². The SMILES string of the molecule is COc1cc(C(CC(=O)O)c2ccc(C)c(CN3CC(C)Oc4cc(OCCCCOc5ccc(-c6ccc(N7C(=S)N(c8ccc(C#N)c(C(F)(F)F)c8)C(=O)C7(C)C)cc6)cc5)ccc4S3)c2)cc2nnn(C)c12. The second-order valence-corrected chi connectivity index (χ2v) is 20.7. The Hall–Kier alpha value is -7.66. The molecule has 9 rings (SSSR count). The molecule has 2 aliphatic heterocycles. The molecule has 2 aliphatic rings. The van der Waals surface area contributed by atoms with Crippen molar-refractivity contribution in [2.24, 2.45) is 7.05 Å². The summed E-state index contributed by atoms with van der Waals surface area (Å²) in [7, 11) is 3.37. The van der Waals surface area contributed by atoms with Crippen LogP contribution in [0, 0.1) is 18.3 Å². The van der Waals surface area contributed by atoms with Crippen LogP contribution in [0.5, 0.6) is 23.0 Å². The van der Waals surface area contributed by atoms with E-state index in [0.717, 1.165) is 79.4 Å². The molecule has 0 spiro atoms. The molecule has 1 saturated heterocycles. The number of unbranched alkanes of at least 4 members (excludes halogenated alkanes) is 1. The van der Waals surface area contributed by atoms with E-state index in [0.29, 0.717) is 54.8 Å². The van der Waals surface area contributed by atoms with Gasteiger partial charge in [-0.3, -0.25) is 14.5 Å². The summed E-state index contributed by atoms with van der Waals surface area (Å²) in [4.78, 5) is 29.6. The molecule has 7 aromatic rings. The number of methoxy groups -OCH3 is 1. The fourth-order valence-corrected chi connectivity index (χ4v) is 11.2. The summed E-state index contributed by atoms with van der Waals surface area (Å²) < 4.78 is 69.6. The van der Waals surface area contributed by atoms with Crippen LogP contribution >= 0.6 is 24.2 Å². The maximum absolute atomic E-state index is 13.8. The van der Waals surface area contributed by atoms with Crippen LogP contribution in [0.4, 0.5) is 24.5 Å². The topological polar surface area (TPSA) is 156 Å². The number of carboxylic acids is 1. The monoisotopic (exact) mass is 1070 g/mol. The van der Waals surface area contributed by atoms with Gasteiger partial charge < -0.3 is 29.0 Å². The molecule has 76 heavy (non-hydrogen) atoms. The van der Waals surface area contributed by atoms with Gasteiger partial charge >= 0.3 is 12.1 Å². The van der Waals surface area contributed by atoms with Crippen LogP contribution in [0.2, 0.25) is 0 Å². The molecule has 1 fully saturated rings. The molecule has 6 aromatic carbocycles. The van der Waals surface area contributed by atoms with Gasteiger partial charge in [0.15, 0.2) is 5.11 Å². The molecule has 0 saturated carbocycles. The van der Waals surface area contributed by atoms with Crippen LogP contribution in [0.3, 0.4) is 0 Å². The lowest BCUT2D eigenvalue weighted by molar-refractivity contribution is -0.138. The fourth-order valence-electron chi connectivity index (χ4n) is 9.55. The van der Waals surface area contributed by atoms with Gasteiger partial charge in [-0.05, 0) is 165 Å². The maximum Gasteiger partial charge on any atom is 0.417 e. The summed E-state index contributed by atoms with van der Waals surface area (Å²) in [6, 6.07) is 35.6. The van der Waals surface area contributed by atoms with Gasteiger partial charge in [0.05, 0.1) is 54.5 Å². The molecular formula is C57H54F3N7O7S2. The van der Waals surface area contributed by atoms with Crippen molar-refractivity contribution in [3.05, 3.63) is 149 Å². The molecule has 0 aliphatic carbocycles. The molecule has 2 atom stereocenters. The second-order valence-electron chi connectivity index (χ2n) is 19.2. The van der Waals surface area contributed by atoms with E-state index in [-0.39, 0.29) is 23.3 Å². The Morgan fingerprint density at radius 1 is 0.921 bits per heavy atom. The zero-order valence-corrected chi connectivity index (χ0v) is 44.2. The first-order valence-corrected chi connectivity index (χ1v) is 25.7. The predicted molar refractivity (Wildman–Crippen MR) is 288 cm³/mol. The third-order valence-electron chi connectivity index (χ3n) is 13.5. The lowest BCUT2D eigenvalue weighted by Crippen LogP contribution is -2.44. The highest BCUT2D eigenvalue weighted by Crippen LogP contribution is 2.43. The first kappa shape index (κ1) is 53.2. The lowest BCUT2D eigenvalue weighted by atomic mass is 9.86. The number of anilines is 2. The van der Waals surface area contributed by atoms with Gasteiger partial charge in [0, 0.05) is 37.8 Å². The van der Waals surface area contributed by atoms with Gasteiger partial charge in [0.25, 0.3) is 5.91 Å². The molecule has 3 heterocycles. The van der Waals surface area contributed by atoms with Crippen molar-refractivity contribution in [1.29, 1.82) is 5.26 Å². The first-order chi connectivity index (χ1) is 36.3. The Morgan fingerprint density at radius 2 is 1.59 bits per heavy atom. The van der Waals surface area contributed by atoms with Crippen LogP contribution in [0.1, 0.15) is 79.3 Å². The smallest absolute Gasteiger partial charge is 0.417 e. The number of fused-ring (bicyclic) bond motifs is 2. The van der Waals surface area contributed by atoms with Gasteiger partial charge in [0.1, 0.15) is 45.7 Å². The van der Waals surface area contributed by atoms with Gasteiger partial charge in [-0.1, -0.05) is 47.7 Å². The molecule has 0 radical (unpaired) electrons. The number of carbonyl (C=O) groups is 2. The minimum absolute atomic E-state index is 0.0235. The van der Waals surface area contributed by atoms with E-state index in [1.165, 1.54) is 6.07 Å². The lowest BCUT2D eigenvalue weighted by Gasteiger charge is -2.29. The van der Waals surface area contributed by atoms with Crippen LogP contribution in [0.15, 0.2) is 120 Å². The van der Waals surface area contributed by atoms with Crippen LogP contribution in [-0.4, -0.2) is 79.9 Å². The number of alkyl halides is 3. The number of aliphatic carboxylic acids is 1. The third kappa shape index (κ3) is 11.2. The number of aromatic nitrogens is 3. The quantitative estimate of drug-likeness (QED) is 0.0522. The van der Waals surface area contributed by atoms with E-state index in [9.17, 15) is 33.1 Å². The molecule has 1 aromatic heterocycles. The van der Waals surface area contributed by atoms with Gasteiger partial charge in [-0.2, -0.15) is 18.4 Å². The summed E-state index contributed by atoms with van der Waals surface area (Å²) in [5.74, 6) is 0.905. The highest BCUT2D eigenvalue weighted by atomic mass is 32.2. The summed E-state index contributed by atoms with van der Waals surface area (Å²) in [6.45, 7) is 9.67. The van der Waals surface area contributed by atoms with Gasteiger partial charge in [-0.25, -0.2) is 8.99 Å². The predicted octanol–water partition coefficient (Wildman–Crippen LogP) is 11.9. The minimum atomic E-state index is -4.79. The number of thiocarbonyl (C=S) groups is 1. The standard InChI is InChI=1S/C57H54F3N7O7S2/c1-34-9-10-38(46(30-52(68)69)40-26-48-53(50(27-40)71-6)64(5)63-62-48)25-41(34)33-65-32-35(2)74-49-29-45(21-22-51(49)76-65)73-24-8-7-23-72-44-19-14-37(15-20-44)36-11-16-42(17-12-36)67-55(75)66(54(70)56(67,3)4)43-18-13-39(31-61)47(28-43)57(58,59)60/h9-22,25-29,35,46H,7-8,23-24,30,32-33H2,1-6H3,(H,68,69). The van der Waals surface area contributed by atoms with E-state index in [2.05, 4.69) is 33.7 Å². The molecular weight excluding hydrogens is 1020 g/mol. The number of carbonyl (C=O) groups excluding carboxylic acids is 1. The highest BCUT2D eigenvalue weighted by Gasteiger charge is 2.51. The average molecular weight is 1070 g/mol. The van der Waals surface area contributed by atoms with Crippen LogP contribution < -0.4 is 28.7 Å². The van der Waals surface area contributed by atoms with Crippen molar-refractivity contribution >= 4 is 63.6 Å². The number of nitriles is 1. The Kier molecular flexibility index (Phi) is 15.3. The summed E-state index contributed by atoms with van der Waals surface area (Å²) >= 11 is 7.32. The van der Waals surface area contributed by atoms with Crippen LogP contribution in [-0.2, 0) is 29.4 Å². The molecule has 19 heteroatoms. The minimum Gasteiger partial charge on any atom is -0.494 e. The fraction of sp³-hybridized carbons (Fsp3) is 0.298. The molecule has 392 valence electrons. The molecule has 1 amide bonds. The number of ether oxygens (including phenoxy) is 4. The normalized spacial score (nSPS) is 16.0. The molecule has 14 nitrogen and oxygen atoms in total. The van der Waals surface area contributed by atoms with Crippen molar-refractivity contribution in [1.82, 2.24) is 19.3 Å². The number of halogens is 3. The Labute approximate surface area is 447 Å². The Bertz CT molecular complexity index is 3380. The van der Waals surface area contributed by atoms with Crippen molar-refractivity contribution in [2.75, 3.05) is 36.7 Å². The van der Waals surface area contributed by atoms with Gasteiger partial charge in [-0.15, -0.1) is 5.10 Å². The highest BCUT2D eigenvalue weighted by molar-refractivity contribution is 7.97. The Morgan fingerprint density at radius 3 is 2.26 bits per heavy atom. The van der Waals surface area contributed by atoms with E-state index in [1.54, 1.807) is 55.6 Å². The number of hydrogen-bond donors (Lipinski definition) is 1. The van der Waals surface area contributed by atoms with E-state index in [4.69, 9.17) is 31.2 Å². The number of carboxylic acid groups (broad SMARTS) is 1. The first-order valence-electron chi connectivity index (χ1n) is 24.5. The van der Waals surface area contributed by atoms with Gasteiger partial charge in [0.2, 0.25) is 0 Å². The number of nitrogens with zero attached hydrogens (tertiary/aromatic N) is 7. The second kappa shape index (κ2) is 21.9.